The Labute approximate surface area is 120 Å². The van der Waals surface area contributed by atoms with Gasteiger partial charge in [-0.3, -0.25) is 0 Å². The molecule has 0 bridgehead atoms. The zero-order valence-electron chi connectivity index (χ0n) is 12.9. The topological polar surface area (TPSA) is 3.24 Å². The minimum Gasteiger partial charge on any atom is -0.303 e. The molecule has 0 aliphatic heterocycles. The molecule has 18 heavy (non-hydrogen) atoms. The van der Waals surface area contributed by atoms with Crippen LogP contribution in [0.25, 0.3) is 0 Å². The van der Waals surface area contributed by atoms with Crippen LogP contribution in [0.2, 0.25) is 0 Å². The molecule has 0 aliphatic rings. The summed E-state index contributed by atoms with van der Waals surface area (Å²) in [5, 5.41) is 0. The zero-order chi connectivity index (χ0) is 13.6. The molecule has 0 aromatic rings. The number of hydrogen-bond donors (Lipinski definition) is 0. The molecule has 1 unspecified atom stereocenters. The molecule has 0 heterocycles. The number of rotatable bonds is 13. The summed E-state index contributed by atoms with van der Waals surface area (Å²) in [4.78, 5) is 2.37. The summed E-state index contributed by atoms with van der Waals surface area (Å²) in [7, 11) is 2.18. The summed E-state index contributed by atoms with van der Waals surface area (Å²) in [6.07, 6.45) is 14.1. The van der Waals surface area contributed by atoms with E-state index in [4.69, 9.17) is 11.6 Å². The van der Waals surface area contributed by atoms with Gasteiger partial charge in [0, 0.05) is 11.9 Å². The maximum atomic E-state index is 5.84. The van der Waals surface area contributed by atoms with Gasteiger partial charge < -0.3 is 4.90 Å². The summed E-state index contributed by atoms with van der Waals surface area (Å²) in [6.45, 7) is 5.68. The average molecular weight is 276 g/mol. The molecule has 0 saturated heterocycles. The normalized spacial score (nSPS) is 13.2. The van der Waals surface area contributed by atoms with Gasteiger partial charge in [-0.15, -0.1) is 11.6 Å². The first-order valence-corrected chi connectivity index (χ1v) is 8.52. The van der Waals surface area contributed by atoms with Crippen molar-refractivity contribution < 1.29 is 0 Å². The maximum absolute atomic E-state index is 5.84. The highest BCUT2D eigenvalue weighted by Crippen LogP contribution is 2.11. The van der Waals surface area contributed by atoms with Gasteiger partial charge in [0.15, 0.2) is 0 Å². The van der Waals surface area contributed by atoms with Crippen LogP contribution >= 0.6 is 11.6 Å². The van der Waals surface area contributed by atoms with Crippen molar-refractivity contribution in [2.24, 2.45) is 0 Å². The molecule has 110 valence electrons. The number of alkyl halides is 1. The quantitative estimate of drug-likeness (QED) is 0.318. The Kier molecular flexibility index (Phi) is 13.9. The molecule has 1 nitrogen and oxygen atoms in total. The summed E-state index contributed by atoms with van der Waals surface area (Å²) in [5.41, 5.74) is 0. The lowest BCUT2D eigenvalue weighted by Gasteiger charge is -2.22. The number of unbranched alkanes of at least 4 members (excludes halogenated alkanes) is 9. The summed E-state index contributed by atoms with van der Waals surface area (Å²) >= 11 is 5.84. The van der Waals surface area contributed by atoms with Gasteiger partial charge in [0.05, 0.1) is 0 Å². The molecule has 2 heteroatoms. The van der Waals surface area contributed by atoms with Crippen molar-refractivity contribution in [1.82, 2.24) is 4.90 Å². The second kappa shape index (κ2) is 13.7. The minimum absolute atomic E-state index is 0.519. The van der Waals surface area contributed by atoms with Gasteiger partial charge in [0.2, 0.25) is 0 Å². The first kappa shape index (κ1) is 18.2. The molecule has 0 spiro atoms. The Bertz CT molecular complexity index is 161. The molecule has 0 N–H and O–H groups in total. The van der Waals surface area contributed by atoms with Gasteiger partial charge in [-0.1, -0.05) is 64.7 Å². The highest BCUT2D eigenvalue weighted by atomic mass is 35.5. The number of halogens is 1. The smallest absolute Gasteiger partial charge is 0.0376 e. The van der Waals surface area contributed by atoms with Crippen LogP contribution < -0.4 is 0 Å². The van der Waals surface area contributed by atoms with Crippen molar-refractivity contribution in [2.45, 2.75) is 84.1 Å². The molecule has 0 fully saturated rings. The molecular weight excluding hydrogens is 242 g/mol. The van der Waals surface area contributed by atoms with Crippen LogP contribution in [0.3, 0.4) is 0 Å². The van der Waals surface area contributed by atoms with Crippen molar-refractivity contribution in [2.75, 3.05) is 19.5 Å². The molecule has 0 radical (unpaired) electrons. The largest absolute Gasteiger partial charge is 0.303 e. The van der Waals surface area contributed by atoms with E-state index in [9.17, 15) is 0 Å². The minimum atomic E-state index is 0.519. The van der Waals surface area contributed by atoms with E-state index in [0.29, 0.717) is 6.04 Å². The first-order valence-electron chi connectivity index (χ1n) is 7.98. The van der Waals surface area contributed by atoms with E-state index in [1.165, 1.54) is 70.8 Å². The zero-order valence-corrected chi connectivity index (χ0v) is 13.6. The fraction of sp³-hybridized carbons (Fsp3) is 1.00. The van der Waals surface area contributed by atoms with E-state index in [2.05, 4.69) is 25.8 Å². The van der Waals surface area contributed by atoms with Crippen molar-refractivity contribution in [1.29, 1.82) is 0 Å². The van der Waals surface area contributed by atoms with Gasteiger partial charge in [0.25, 0.3) is 0 Å². The van der Waals surface area contributed by atoms with Crippen LogP contribution in [0.4, 0.5) is 0 Å². The first-order chi connectivity index (χ1) is 8.72. The SMILES string of the molecule is CCCCCCCCCCCCN(C)C(C)CCl. The Morgan fingerprint density at radius 3 is 1.72 bits per heavy atom. The Balaban J connectivity index is 3.11. The average Bonchev–Trinajstić information content (AvgIpc) is 2.39. The lowest BCUT2D eigenvalue weighted by Crippen LogP contribution is -2.31. The predicted molar refractivity (Wildman–Crippen MR) is 84.7 cm³/mol. The Hall–Kier alpha value is 0.250. The second-order valence-corrected chi connectivity index (χ2v) is 5.97. The molecular formula is C16H34ClN. The van der Waals surface area contributed by atoms with E-state index >= 15 is 0 Å². The van der Waals surface area contributed by atoms with E-state index < -0.39 is 0 Å². The maximum Gasteiger partial charge on any atom is 0.0376 e. The van der Waals surface area contributed by atoms with E-state index in [0.717, 1.165) is 5.88 Å². The lowest BCUT2D eigenvalue weighted by atomic mass is 10.1. The van der Waals surface area contributed by atoms with Gasteiger partial charge in [-0.25, -0.2) is 0 Å². The molecule has 0 aromatic carbocycles. The van der Waals surface area contributed by atoms with E-state index in [1.807, 2.05) is 0 Å². The second-order valence-electron chi connectivity index (χ2n) is 5.67. The van der Waals surface area contributed by atoms with Gasteiger partial charge in [0.1, 0.15) is 0 Å². The summed E-state index contributed by atoms with van der Waals surface area (Å²) < 4.78 is 0. The summed E-state index contributed by atoms with van der Waals surface area (Å²) in [5.74, 6) is 0.744. The molecule has 1 atom stereocenters. The summed E-state index contributed by atoms with van der Waals surface area (Å²) in [6, 6.07) is 0.519. The third-order valence-corrected chi connectivity index (χ3v) is 4.29. The molecule has 0 amide bonds. The molecule has 0 rings (SSSR count). The van der Waals surface area contributed by atoms with Gasteiger partial charge >= 0.3 is 0 Å². The van der Waals surface area contributed by atoms with Crippen LogP contribution in [0.15, 0.2) is 0 Å². The highest BCUT2D eigenvalue weighted by molar-refractivity contribution is 6.18. The van der Waals surface area contributed by atoms with Crippen molar-refractivity contribution >= 4 is 11.6 Å². The third-order valence-electron chi connectivity index (χ3n) is 3.84. The van der Waals surface area contributed by atoms with Crippen molar-refractivity contribution in [3.8, 4) is 0 Å². The van der Waals surface area contributed by atoms with E-state index in [-0.39, 0.29) is 0 Å². The van der Waals surface area contributed by atoms with Gasteiger partial charge in [-0.05, 0) is 26.9 Å². The molecule has 0 aromatic heterocycles. The van der Waals surface area contributed by atoms with Crippen LogP contribution in [0.5, 0.6) is 0 Å². The molecule has 0 saturated carbocycles. The molecule has 0 aliphatic carbocycles. The van der Waals surface area contributed by atoms with Crippen molar-refractivity contribution in [3.63, 3.8) is 0 Å². The number of nitrogens with zero attached hydrogens (tertiary/aromatic N) is 1. The van der Waals surface area contributed by atoms with Crippen LogP contribution in [0.1, 0.15) is 78.1 Å². The fourth-order valence-electron chi connectivity index (χ4n) is 2.19. The van der Waals surface area contributed by atoms with Crippen LogP contribution in [-0.4, -0.2) is 30.4 Å². The highest BCUT2D eigenvalue weighted by Gasteiger charge is 2.06. The third kappa shape index (κ3) is 11.3. The predicted octanol–water partition coefficient (Wildman–Crippen LogP) is 5.47. The fourth-order valence-corrected chi connectivity index (χ4v) is 2.42. The monoisotopic (exact) mass is 275 g/mol. The van der Waals surface area contributed by atoms with Gasteiger partial charge in [-0.2, -0.15) is 0 Å². The standard InChI is InChI=1S/C16H34ClN/c1-4-5-6-7-8-9-10-11-12-13-14-18(3)16(2)15-17/h16H,4-15H2,1-3H3. The Morgan fingerprint density at radius 2 is 1.28 bits per heavy atom. The Morgan fingerprint density at radius 1 is 0.833 bits per heavy atom. The van der Waals surface area contributed by atoms with Crippen LogP contribution in [-0.2, 0) is 0 Å². The van der Waals surface area contributed by atoms with E-state index in [1.54, 1.807) is 0 Å². The van der Waals surface area contributed by atoms with Crippen LogP contribution in [0, 0.1) is 0 Å². The lowest BCUT2D eigenvalue weighted by molar-refractivity contribution is 0.269. The van der Waals surface area contributed by atoms with Crippen molar-refractivity contribution in [3.05, 3.63) is 0 Å². The number of hydrogen-bond acceptors (Lipinski definition) is 1.